The molecule has 3 rings (SSSR count). The summed E-state index contributed by atoms with van der Waals surface area (Å²) in [6.07, 6.45) is 1.87. The zero-order valence-electron chi connectivity index (χ0n) is 15.6. The van der Waals surface area contributed by atoms with E-state index in [9.17, 15) is 18.7 Å². The van der Waals surface area contributed by atoms with Crippen LogP contribution < -0.4 is 5.32 Å². The maximum atomic E-state index is 14.0. The molecule has 1 aliphatic heterocycles. The van der Waals surface area contributed by atoms with Gasteiger partial charge in [0.25, 0.3) is 5.91 Å². The fourth-order valence-corrected chi connectivity index (χ4v) is 3.85. The van der Waals surface area contributed by atoms with Crippen LogP contribution in [0, 0.1) is 11.6 Å². The number of piperidine rings is 1. The van der Waals surface area contributed by atoms with Crippen LogP contribution in [0.25, 0.3) is 0 Å². The average Bonchev–Trinajstić information content (AvgIpc) is 3.02. The number of hydrogen-bond donors (Lipinski definition) is 2. The van der Waals surface area contributed by atoms with Crippen LogP contribution in [0.4, 0.5) is 8.78 Å². The lowest BCUT2D eigenvalue weighted by Gasteiger charge is -2.37. The standard InChI is InChI=1S/C20H25F2N3O2/c1-23-20(27)18-9-8-16(24(18)2)17-5-3-4-10-25(17)12-19(26)14-7-6-13(21)11-15(14)22/h6-9,11,17,19,26H,3-5,10,12H2,1-2H3,(H,23,27)/t17-,19+/m0/s1. The number of aliphatic hydroxyl groups is 1. The van der Waals surface area contributed by atoms with E-state index in [1.165, 1.54) is 6.07 Å². The van der Waals surface area contributed by atoms with Crippen LogP contribution in [0.3, 0.4) is 0 Å². The molecule has 0 unspecified atom stereocenters. The number of rotatable bonds is 5. The van der Waals surface area contributed by atoms with Gasteiger partial charge in [-0.1, -0.05) is 12.5 Å². The minimum Gasteiger partial charge on any atom is -0.387 e. The smallest absolute Gasteiger partial charge is 0.267 e. The van der Waals surface area contributed by atoms with E-state index in [-0.39, 0.29) is 24.1 Å². The van der Waals surface area contributed by atoms with Crippen LogP contribution in [-0.2, 0) is 7.05 Å². The van der Waals surface area contributed by atoms with Gasteiger partial charge in [-0.15, -0.1) is 0 Å². The van der Waals surface area contributed by atoms with E-state index in [4.69, 9.17) is 0 Å². The Hall–Kier alpha value is -2.25. The van der Waals surface area contributed by atoms with Crippen LogP contribution in [0.1, 0.15) is 53.2 Å². The summed E-state index contributed by atoms with van der Waals surface area (Å²) < 4.78 is 29.0. The molecule has 2 aromatic rings. The molecular weight excluding hydrogens is 352 g/mol. The highest BCUT2D eigenvalue weighted by Gasteiger charge is 2.29. The Morgan fingerprint density at radius 1 is 1.30 bits per heavy atom. The Bertz CT molecular complexity index is 822. The molecule has 1 amide bonds. The summed E-state index contributed by atoms with van der Waals surface area (Å²) in [5, 5.41) is 13.2. The number of amides is 1. The first-order valence-electron chi connectivity index (χ1n) is 9.17. The number of aromatic nitrogens is 1. The second-order valence-electron chi connectivity index (χ2n) is 6.97. The minimum absolute atomic E-state index is 0.0281. The molecule has 0 saturated carbocycles. The van der Waals surface area contributed by atoms with Crippen LogP contribution >= 0.6 is 0 Å². The van der Waals surface area contributed by atoms with E-state index < -0.39 is 17.7 Å². The Balaban J connectivity index is 1.82. The molecule has 1 aromatic heterocycles. The van der Waals surface area contributed by atoms with Crippen molar-refractivity contribution in [2.24, 2.45) is 7.05 Å². The maximum absolute atomic E-state index is 14.0. The second-order valence-corrected chi connectivity index (χ2v) is 6.97. The summed E-state index contributed by atoms with van der Waals surface area (Å²) in [4.78, 5) is 14.1. The van der Waals surface area contributed by atoms with E-state index >= 15 is 0 Å². The summed E-state index contributed by atoms with van der Waals surface area (Å²) in [5.41, 5.74) is 1.65. The van der Waals surface area contributed by atoms with E-state index in [0.29, 0.717) is 5.69 Å². The van der Waals surface area contributed by atoms with Gasteiger partial charge in [-0.05, 0) is 37.6 Å². The van der Waals surface area contributed by atoms with E-state index in [1.54, 1.807) is 13.1 Å². The largest absolute Gasteiger partial charge is 0.387 e. The highest BCUT2D eigenvalue weighted by molar-refractivity contribution is 5.92. The van der Waals surface area contributed by atoms with Crippen molar-refractivity contribution in [2.45, 2.75) is 31.4 Å². The topological polar surface area (TPSA) is 57.5 Å². The Morgan fingerprint density at radius 2 is 2.07 bits per heavy atom. The number of halogens is 2. The molecule has 0 bridgehead atoms. The number of hydrogen-bond acceptors (Lipinski definition) is 3. The molecule has 27 heavy (non-hydrogen) atoms. The third kappa shape index (κ3) is 4.04. The van der Waals surface area contributed by atoms with E-state index in [2.05, 4.69) is 10.2 Å². The molecule has 1 aliphatic rings. The van der Waals surface area contributed by atoms with Gasteiger partial charge in [0.15, 0.2) is 0 Å². The van der Waals surface area contributed by atoms with Crippen molar-refractivity contribution in [3.05, 3.63) is 58.9 Å². The number of β-amino-alcohol motifs (C(OH)–C–C–N with tert-alkyl or cyclic N) is 1. The van der Waals surface area contributed by atoms with Gasteiger partial charge in [0, 0.05) is 38.0 Å². The third-order valence-corrected chi connectivity index (χ3v) is 5.30. The summed E-state index contributed by atoms with van der Waals surface area (Å²) in [6.45, 7) is 1.01. The minimum atomic E-state index is -1.05. The quantitative estimate of drug-likeness (QED) is 0.842. The van der Waals surface area contributed by atoms with Gasteiger partial charge >= 0.3 is 0 Å². The lowest BCUT2D eigenvalue weighted by atomic mass is 9.97. The number of nitrogens with one attached hydrogen (secondary N) is 1. The zero-order valence-corrected chi connectivity index (χ0v) is 15.6. The lowest BCUT2D eigenvalue weighted by Crippen LogP contribution is -2.37. The summed E-state index contributed by atoms with van der Waals surface area (Å²) >= 11 is 0. The number of carbonyl (C=O) groups excluding carboxylic acids is 1. The molecule has 5 nitrogen and oxygen atoms in total. The summed E-state index contributed by atoms with van der Waals surface area (Å²) in [7, 11) is 3.44. The Kier molecular flexibility index (Phi) is 5.92. The van der Waals surface area contributed by atoms with Crippen molar-refractivity contribution in [3.63, 3.8) is 0 Å². The summed E-state index contributed by atoms with van der Waals surface area (Å²) in [6, 6.07) is 6.98. The van der Waals surface area contributed by atoms with E-state index in [0.717, 1.165) is 43.6 Å². The third-order valence-electron chi connectivity index (χ3n) is 5.30. The van der Waals surface area contributed by atoms with Gasteiger partial charge in [-0.3, -0.25) is 9.69 Å². The van der Waals surface area contributed by atoms with Crippen molar-refractivity contribution in [3.8, 4) is 0 Å². The van der Waals surface area contributed by atoms with Gasteiger partial charge in [0.2, 0.25) is 0 Å². The molecule has 1 fully saturated rings. The number of nitrogens with zero attached hydrogens (tertiary/aromatic N) is 2. The predicted molar refractivity (Wildman–Crippen MR) is 98.3 cm³/mol. The van der Waals surface area contributed by atoms with E-state index in [1.807, 2.05) is 17.7 Å². The van der Waals surface area contributed by atoms with Crippen molar-refractivity contribution in [1.82, 2.24) is 14.8 Å². The molecule has 2 N–H and O–H groups in total. The molecule has 7 heteroatoms. The normalized spacial score (nSPS) is 19.1. The number of carbonyl (C=O) groups is 1. The Labute approximate surface area is 157 Å². The van der Waals surface area contributed by atoms with Crippen LogP contribution in [0.2, 0.25) is 0 Å². The van der Waals surface area contributed by atoms with Gasteiger partial charge in [0.05, 0.1) is 12.1 Å². The first-order valence-corrected chi connectivity index (χ1v) is 9.17. The number of aliphatic hydroxyl groups excluding tert-OH is 1. The molecule has 2 heterocycles. The van der Waals surface area contributed by atoms with Crippen molar-refractivity contribution < 1.29 is 18.7 Å². The molecule has 146 valence electrons. The van der Waals surface area contributed by atoms with Gasteiger partial charge in [-0.2, -0.15) is 0 Å². The number of benzene rings is 1. The van der Waals surface area contributed by atoms with Crippen molar-refractivity contribution in [1.29, 1.82) is 0 Å². The SMILES string of the molecule is CNC(=O)c1ccc([C@@H]2CCCCN2C[C@@H](O)c2ccc(F)cc2F)n1C. The monoisotopic (exact) mass is 377 g/mol. The van der Waals surface area contributed by atoms with Gasteiger partial charge < -0.3 is 15.0 Å². The molecule has 1 saturated heterocycles. The molecule has 0 spiro atoms. The fraction of sp³-hybridized carbons (Fsp3) is 0.450. The lowest BCUT2D eigenvalue weighted by molar-refractivity contribution is 0.0622. The van der Waals surface area contributed by atoms with Crippen LogP contribution in [-0.4, -0.2) is 40.6 Å². The first-order chi connectivity index (χ1) is 12.9. The number of likely N-dealkylation sites (tertiary alicyclic amines) is 1. The van der Waals surface area contributed by atoms with Gasteiger partial charge in [-0.25, -0.2) is 8.78 Å². The van der Waals surface area contributed by atoms with Crippen LogP contribution in [0.15, 0.2) is 30.3 Å². The van der Waals surface area contributed by atoms with Crippen molar-refractivity contribution in [2.75, 3.05) is 20.1 Å². The highest BCUT2D eigenvalue weighted by Crippen LogP contribution is 2.33. The average molecular weight is 377 g/mol. The zero-order chi connectivity index (χ0) is 19.6. The molecular formula is C20H25F2N3O2. The first kappa shape index (κ1) is 19.5. The van der Waals surface area contributed by atoms with Crippen LogP contribution in [0.5, 0.6) is 0 Å². The van der Waals surface area contributed by atoms with Crippen molar-refractivity contribution >= 4 is 5.91 Å². The second kappa shape index (κ2) is 8.19. The van der Waals surface area contributed by atoms with Gasteiger partial charge in [0.1, 0.15) is 17.3 Å². The highest BCUT2D eigenvalue weighted by atomic mass is 19.1. The molecule has 0 aliphatic carbocycles. The molecule has 1 aromatic carbocycles. The molecule has 2 atom stereocenters. The predicted octanol–water partition coefficient (Wildman–Crippen LogP) is 2.92. The maximum Gasteiger partial charge on any atom is 0.267 e. The fourth-order valence-electron chi connectivity index (χ4n) is 3.85. The summed E-state index contributed by atoms with van der Waals surface area (Å²) in [5.74, 6) is -1.55. The molecule has 0 radical (unpaired) electrons. The Morgan fingerprint density at radius 3 is 2.78 bits per heavy atom.